The van der Waals surface area contributed by atoms with Gasteiger partial charge in [0, 0.05) is 24.1 Å². The van der Waals surface area contributed by atoms with Crippen LogP contribution in [-0.2, 0) is 4.74 Å². The van der Waals surface area contributed by atoms with Gasteiger partial charge in [0.15, 0.2) is 0 Å². The second-order valence-corrected chi connectivity index (χ2v) is 6.11. The summed E-state index contributed by atoms with van der Waals surface area (Å²) < 4.78 is 5.49. The fraction of sp³-hybridized carbons (Fsp3) is 0.375. The number of nitrogens with one attached hydrogen (secondary N) is 1. The summed E-state index contributed by atoms with van der Waals surface area (Å²) in [6.45, 7) is 3.42. The molecule has 2 aromatic rings. The lowest BCUT2D eigenvalue weighted by molar-refractivity contribution is 0.0854. The van der Waals surface area contributed by atoms with E-state index >= 15 is 0 Å². The van der Waals surface area contributed by atoms with Crippen LogP contribution >= 0.6 is 11.3 Å². The Morgan fingerprint density at radius 3 is 2.95 bits per heavy atom. The summed E-state index contributed by atoms with van der Waals surface area (Å²) in [5, 5.41) is 5.57. The van der Waals surface area contributed by atoms with Crippen molar-refractivity contribution in [3.63, 3.8) is 0 Å². The number of aryl methyl sites for hydroxylation is 1. The molecular formula is C16H18N2O2S. The molecule has 0 spiro atoms. The number of amides is 1. The quantitative estimate of drug-likeness (QED) is 0.944. The van der Waals surface area contributed by atoms with Gasteiger partial charge in [-0.15, -0.1) is 11.3 Å². The van der Waals surface area contributed by atoms with E-state index in [1.807, 2.05) is 24.3 Å². The molecule has 1 N–H and O–H groups in total. The largest absolute Gasteiger partial charge is 0.376 e. The summed E-state index contributed by atoms with van der Waals surface area (Å²) in [4.78, 5) is 16.5. The van der Waals surface area contributed by atoms with Crippen molar-refractivity contribution in [1.29, 1.82) is 0 Å². The van der Waals surface area contributed by atoms with E-state index in [9.17, 15) is 4.79 Å². The first-order valence-corrected chi connectivity index (χ1v) is 8.03. The predicted molar refractivity (Wildman–Crippen MR) is 83.6 cm³/mol. The van der Waals surface area contributed by atoms with Crippen LogP contribution in [0.5, 0.6) is 0 Å². The summed E-state index contributed by atoms with van der Waals surface area (Å²) in [7, 11) is 0. The lowest BCUT2D eigenvalue weighted by Crippen LogP contribution is -2.31. The zero-order valence-corrected chi connectivity index (χ0v) is 12.8. The van der Waals surface area contributed by atoms with Gasteiger partial charge < -0.3 is 10.1 Å². The molecule has 21 heavy (non-hydrogen) atoms. The van der Waals surface area contributed by atoms with Crippen LogP contribution < -0.4 is 5.32 Å². The van der Waals surface area contributed by atoms with Crippen LogP contribution in [0.15, 0.2) is 29.6 Å². The number of nitrogens with zero attached hydrogens (tertiary/aromatic N) is 1. The normalized spacial score (nSPS) is 17.9. The predicted octanol–water partition coefficient (Wildman–Crippen LogP) is 3.03. The van der Waals surface area contributed by atoms with E-state index in [1.165, 1.54) is 16.9 Å². The maximum absolute atomic E-state index is 12.1. The summed E-state index contributed by atoms with van der Waals surface area (Å²) >= 11 is 1.49. The van der Waals surface area contributed by atoms with Crippen molar-refractivity contribution in [2.45, 2.75) is 25.9 Å². The standard InChI is InChI=1S/C16H18N2O2S/c1-11-4-6-12(7-5-11)16-18-14(10-21-16)15(19)17-9-13-3-2-8-20-13/h4-7,10,13H,2-3,8-9H2,1H3,(H,17,19)/t13-/m0/s1. The summed E-state index contributed by atoms with van der Waals surface area (Å²) in [6.07, 6.45) is 2.25. The number of rotatable bonds is 4. The van der Waals surface area contributed by atoms with Crippen molar-refractivity contribution in [3.8, 4) is 10.6 Å². The molecule has 3 rings (SSSR count). The summed E-state index contributed by atoms with van der Waals surface area (Å²) in [6, 6.07) is 8.16. The molecule has 1 atom stereocenters. The number of carbonyl (C=O) groups excluding carboxylic acids is 1. The number of hydrogen-bond donors (Lipinski definition) is 1. The van der Waals surface area contributed by atoms with Gasteiger partial charge in [-0.1, -0.05) is 29.8 Å². The minimum atomic E-state index is -0.125. The minimum Gasteiger partial charge on any atom is -0.376 e. The molecule has 1 aromatic heterocycles. The van der Waals surface area contributed by atoms with E-state index < -0.39 is 0 Å². The van der Waals surface area contributed by atoms with E-state index in [2.05, 4.69) is 17.2 Å². The van der Waals surface area contributed by atoms with Gasteiger partial charge in [0.25, 0.3) is 5.91 Å². The zero-order valence-electron chi connectivity index (χ0n) is 12.0. The van der Waals surface area contributed by atoms with E-state index in [1.54, 1.807) is 5.38 Å². The number of thiazole rings is 1. The van der Waals surface area contributed by atoms with Crippen LogP contribution in [-0.4, -0.2) is 30.1 Å². The Balaban J connectivity index is 1.63. The Morgan fingerprint density at radius 1 is 1.43 bits per heavy atom. The van der Waals surface area contributed by atoms with Crippen molar-refractivity contribution < 1.29 is 9.53 Å². The van der Waals surface area contributed by atoms with Crippen LogP contribution in [0, 0.1) is 6.92 Å². The van der Waals surface area contributed by atoms with Crippen molar-refractivity contribution >= 4 is 17.2 Å². The van der Waals surface area contributed by atoms with E-state index in [0.29, 0.717) is 12.2 Å². The first-order chi connectivity index (χ1) is 10.2. The average Bonchev–Trinajstić information content (AvgIpc) is 3.17. The van der Waals surface area contributed by atoms with Crippen molar-refractivity contribution in [3.05, 3.63) is 40.9 Å². The molecule has 4 nitrogen and oxygen atoms in total. The maximum Gasteiger partial charge on any atom is 0.270 e. The molecular weight excluding hydrogens is 284 g/mol. The zero-order chi connectivity index (χ0) is 14.7. The second kappa shape index (κ2) is 6.37. The lowest BCUT2D eigenvalue weighted by atomic mass is 10.2. The number of aromatic nitrogens is 1. The molecule has 5 heteroatoms. The van der Waals surface area contributed by atoms with Crippen LogP contribution in [0.1, 0.15) is 28.9 Å². The number of ether oxygens (including phenoxy) is 1. The summed E-state index contributed by atoms with van der Waals surface area (Å²) in [5.41, 5.74) is 2.74. The molecule has 1 saturated heterocycles. The van der Waals surface area contributed by atoms with Crippen LogP contribution in [0.4, 0.5) is 0 Å². The van der Waals surface area contributed by atoms with Gasteiger partial charge in [-0.3, -0.25) is 4.79 Å². The molecule has 0 saturated carbocycles. The third-order valence-electron chi connectivity index (χ3n) is 3.55. The molecule has 0 aliphatic carbocycles. The van der Waals surface area contributed by atoms with Gasteiger partial charge in [-0.05, 0) is 19.8 Å². The highest BCUT2D eigenvalue weighted by Gasteiger charge is 2.18. The Bertz CT molecular complexity index is 615. The fourth-order valence-electron chi connectivity index (χ4n) is 2.31. The highest BCUT2D eigenvalue weighted by atomic mass is 32.1. The topological polar surface area (TPSA) is 51.2 Å². The molecule has 1 fully saturated rings. The molecule has 1 amide bonds. The Morgan fingerprint density at radius 2 is 2.24 bits per heavy atom. The minimum absolute atomic E-state index is 0.125. The van der Waals surface area contributed by atoms with Crippen molar-refractivity contribution in [2.24, 2.45) is 0 Å². The first-order valence-electron chi connectivity index (χ1n) is 7.15. The van der Waals surface area contributed by atoms with Crippen molar-refractivity contribution in [2.75, 3.05) is 13.2 Å². The van der Waals surface area contributed by atoms with Gasteiger partial charge >= 0.3 is 0 Å². The molecule has 1 aliphatic rings. The Labute approximate surface area is 128 Å². The maximum atomic E-state index is 12.1. The molecule has 0 unspecified atom stereocenters. The van der Waals surface area contributed by atoms with Gasteiger partial charge in [0.2, 0.25) is 0 Å². The smallest absolute Gasteiger partial charge is 0.270 e. The van der Waals surface area contributed by atoms with Crippen LogP contribution in [0.25, 0.3) is 10.6 Å². The number of hydrogen-bond acceptors (Lipinski definition) is 4. The van der Waals surface area contributed by atoms with E-state index in [0.717, 1.165) is 30.0 Å². The van der Waals surface area contributed by atoms with Crippen molar-refractivity contribution in [1.82, 2.24) is 10.3 Å². The lowest BCUT2D eigenvalue weighted by Gasteiger charge is -2.09. The number of benzene rings is 1. The summed E-state index contributed by atoms with van der Waals surface area (Å²) in [5.74, 6) is -0.125. The first kappa shape index (κ1) is 14.2. The van der Waals surface area contributed by atoms with E-state index in [-0.39, 0.29) is 12.0 Å². The Kier molecular flexibility index (Phi) is 4.31. The fourth-order valence-corrected chi connectivity index (χ4v) is 3.12. The van der Waals surface area contributed by atoms with Gasteiger partial charge in [-0.25, -0.2) is 4.98 Å². The average molecular weight is 302 g/mol. The molecule has 0 bridgehead atoms. The van der Waals surface area contributed by atoms with Gasteiger partial charge in [0.1, 0.15) is 10.7 Å². The highest BCUT2D eigenvalue weighted by molar-refractivity contribution is 7.13. The van der Waals surface area contributed by atoms with Gasteiger partial charge in [-0.2, -0.15) is 0 Å². The molecule has 0 radical (unpaired) electrons. The Hall–Kier alpha value is -1.72. The molecule has 2 heterocycles. The van der Waals surface area contributed by atoms with E-state index in [4.69, 9.17) is 4.74 Å². The van der Waals surface area contributed by atoms with Gasteiger partial charge in [0.05, 0.1) is 6.10 Å². The molecule has 1 aromatic carbocycles. The number of carbonyl (C=O) groups is 1. The monoisotopic (exact) mass is 302 g/mol. The van der Waals surface area contributed by atoms with Crippen LogP contribution in [0.3, 0.4) is 0 Å². The van der Waals surface area contributed by atoms with Crippen LogP contribution in [0.2, 0.25) is 0 Å². The third-order valence-corrected chi connectivity index (χ3v) is 4.44. The SMILES string of the molecule is Cc1ccc(-c2nc(C(=O)NC[C@@H]3CCCO3)cs2)cc1. The molecule has 1 aliphatic heterocycles. The third kappa shape index (κ3) is 3.49. The highest BCUT2D eigenvalue weighted by Crippen LogP contribution is 2.24. The second-order valence-electron chi connectivity index (χ2n) is 5.25. The molecule has 110 valence electrons.